The molecule has 0 N–H and O–H groups in total. The van der Waals surface area contributed by atoms with Gasteiger partial charge in [-0.1, -0.05) is 23.7 Å². The van der Waals surface area contributed by atoms with Crippen molar-refractivity contribution >= 4 is 17.4 Å². The maximum absolute atomic E-state index is 11.0. The van der Waals surface area contributed by atoms with Crippen LogP contribution in [0.5, 0.6) is 0 Å². The van der Waals surface area contributed by atoms with Crippen LogP contribution in [0.15, 0.2) is 24.3 Å². The molecule has 1 aromatic carbocycles. The van der Waals surface area contributed by atoms with Crippen LogP contribution in [0.4, 0.5) is 0 Å². The van der Waals surface area contributed by atoms with E-state index >= 15 is 0 Å². The predicted octanol–water partition coefficient (Wildman–Crippen LogP) is 2.44. The second-order valence-electron chi connectivity index (χ2n) is 3.87. The second-order valence-corrected chi connectivity index (χ2v) is 4.30. The zero-order valence-electron chi connectivity index (χ0n) is 8.99. The van der Waals surface area contributed by atoms with Gasteiger partial charge < -0.3 is 0 Å². The average Bonchev–Trinajstić information content (AvgIpc) is 2.30. The van der Waals surface area contributed by atoms with Gasteiger partial charge in [-0.15, -0.1) is 0 Å². The molecule has 0 amide bonds. The highest BCUT2D eigenvalue weighted by Gasteiger charge is 2.16. The Kier molecular flexibility index (Phi) is 3.93. The first-order chi connectivity index (χ1) is 7.74. The largest absolute Gasteiger partial charge is 0.300 e. The number of rotatable bonds is 3. The van der Waals surface area contributed by atoms with E-state index in [9.17, 15) is 4.79 Å². The topological polar surface area (TPSA) is 29.5 Å². The van der Waals surface area contributed by atoms with Crippen molar-refractivity contribution in [3.8, 4) is 0 Å². The number of hydroxylamine groups is 2. The van der Waals surface area contributed by atoms with Crippen molar-refractivity contribution in [2.75, 3.05) is 13.1 Å². The number of hydrogen-bond acceptors (Lipinski definition) is 3. The first-order valence-corrected chi connectivity index (χ1v) is 5.76. The Balaban J connectivity index is 1.79. The van der Waals surface area contributed by atoms with Crippen LogP contribution in [0, 0.1) is 0 Å². The molecule has 0 radical (unpaired) electrons. The number of Topliss-reactive ketones (excluding diaryl/α,β-unsaturated/α-hetero) is 1. The summed E-state index contributed by atoms with van der Waals surface area (Å²) in [6, 6.07) is 7.58. The Morgan fingerprint density at radius 1 is 1.19 bits per heavy atom. The standard InChI is InChI=1S/C12H14ClNO2/c13-11-3-1-10(2-4-11)9-16-14-7-5-12(15)6-8-14/h1-4H,5-9H2. The van der Waals surface area contributed by atoms with E-state index in [1.54, 1.807) is 0 Å². The Hall–Kier alpha value is -0.900. The minimum atomic E-state index is 0.325. The van der Waals surface area contributed by atoms with E-state index < -0.39 is 0 Å². The normalized spacial score (nSPS) is 17.7. The van der Waals surface area contributed by atoms with Gasteiger partial charge in [-0.3, -0.25) is 9.63 Å². The molecular formula is C12H14ClNO2. The van der Waals surface area contributed by atoms with E-state index in [2.05, 4.69) is 0 Å². The summed E-state index contributed by atoms with van der Waals surface area (Å²) in [5.41, 5.74) is 1.08. The van der Waals surface area contributed by atoms with Crippen LogP contribution in [0.25, 0.3) is 0 Å². The Bertz CT molecular complexity index is 354. The van der Waals surface area contributed by atoms with E-state index in [4.69, 9.17) is 16.4 Å². The van der Waals surface area contributed by atoms with Crippen molar-refractivity contribution in [3.63, 3.8) is 0 Å². The van der Waals surface area contributed by atoms with Crippen LogP contribution < -0.4 is 0 Å². The van der Waals surface area contributed by atoms with Crippen molar-refractivity contribution in [1.29, 1.82) is 0 Å². The molecule has 0 unspecified atom stereocenters. The van der Waals surface area contributed by atoms with Crippen LogP contribution in [0.2, 0.25) is 5.02 Å². The van der Waals surface area contributed by atoms with Crippen LogP contribution in [-0.4, -0.2) is 23.9 Å². The van der Waals surface area contributed by atoms with Crippen molar-refractivity contribution in [2.45, 2.75) is 19.4 Å². The summed E-state index contributed by atoms with van der Waals surface area (Å²) < 4.78 is 0. The maximum Gasteiger partial charge on any atom is 0.135 e. The molecule has 16 heavy (non-hydrogen) atoms. The Morgan fingerprint density at radius 3 is 2.44 bits per heavy atom. The SMILES string of the molecule is O=C1CCN(OCc2ccc(Cl)cc2)CC1. The highest BCUT2D eigenvalue weighted by atomic mass is 35.5. The summed E-state index contributed by atoms with van der Waals surface area (Å²) >= 11 is 5.79. The molecule has 1 heterocycles. The van der Waals surface area contributed by atoms with E-state index in [0.717, 1.165) is 10.6 Å². The van der Waals surface area contributed by atoms with Gasteiger partial charge in [-0.05, 0) is 17.7 Å². The van der Waals surface area contributed by atoms with Gasteiger partial charge in [0.25, 0.3) is 0 Å². The number of nitrogens with zero attached hydrogens (tertiary/aromatic N) is 1. The van der Waals surface area contributed by atoms with Gasteiger partial charge >= 0.3 is 0 Å². The lowest BCUT2D eigenvalue weighted by molar-refractivity contribution is -0.180. The number of carbonyl (C=O) groups excluding carboxylic acids is 1. The quantitative estimate of drug-likeness (QED) is 0.812. The molecule has 0 bridgehead atoms. The molecule has 0 aliphatic carbocycles. The van der Waals surface area contributed by atoms with Gasteiger partial charge in [0.1, 0.15) is 5.78 Å². The van der Waals surface area contributed by atoms with Crippen LogP contribution in [0.3, 0.4) is 0 Å². The zero-order chi connectivity index (χ0) is 11.4. The van der Waals surface area contributed by atoms with E-state index in [1.807, 2.05) is 29.3 Å². The molecule has 2 rings (SSSR count). The monoisotopic (exact) mass is 239 g/mol. The molecule has 4 heteroatoms. The molecule has 1 aliphatic rings. The van der Waals surface area contributed by atoms with E-state index in [0.29, 0.717) is 38.3 Å². The minimum absolute atomic E-state index is 0.325. The molecule has 0 spiro atoms. The lowest BCUT2D eigenvalue weighted by Crippen LogP contribution is -2.33. The smallest absolute Gasteiger partial charge is 0.135 e. The Labute approximate surface area is 99.9 Å². The van der Waals surface area contributed by atoms with Crippen LogP contribution in [-0.2, 0) is 16.2 Å². The fourth-order valence-electron chi connectivity index (χ4n) is 1.61. The summed E-state index contributed by atoms with van der Waals surface area (Å²) in [6.07, 6.45) is 1.20. The maximum atomic E-state index is 11.0. The fourth-order valence-corrected chi connectivity index (χ4v) is 1.74. The van der Waals surface area contributed by atoms with Gasteiger partial charge in [-0.25, -0.2) is 0 Å². The number of piperidine rings is 1. The molecule has 1 aromatic rings. The number of halogens is 1. The number of carbonyl (C=O) groups is 1. The third-order valence-electron chi connectivity index (χ3n) is 2.61. The molecule has 1 saturated heterocycles. The summed E-state index contributed by atoms with van der Waals surface area (Å²) in [6.45, 7) is 1.93. The highest BCUT2D eigenvalue weighted by Crippen LogP contribution is 2.12. The van der Waals surface area contributed by atoms with Crippen LogP contribution >= 0.6 is 11.6 Å². The molecule has 3 nitrogen and oxygen atoms in total. The zero-order valence-corrected chi connectivity index (χ0v) is 9.74. The molecular weight excluding hydrogens is 226 g/mol. The molecule has 86 valence electrons. The fraction of sp³-hybridized carbons (Fsp3) is 0.417. The third kappa shape index (κ3) is 3.30. The first kappa shape index (κ1) is 11.6. The van der Waals surface area contributed by atoms with Crippen molar-refractivity contribution in [2.24, 2.45) is 0 Å². The third-order valence-corrected chi connectivity index (χ3v) is 2.86. The predicted molar refractivity (Wildman–Crippen MR) is 62.1 cm³/mol. The first-order valence-electron chi connectivity index (χ1n) is 5.38. The minimum Gasteiger partial charge on any atom is -0.300 e. The lowest BCUT2D eigenvalue weighted by Gasteiger charge is -2.24. The Morgan fingerprint density at radius 2 is 1.81 bits per heavy atom. The van der Waals surface area contributed by atoms with Crippen LogP contribution in [0.1, 0.15) is 18.4 Å². The molecule has 0 aromatic heterocycles. The molecule has 1 fully saturated rings. The second kappa shape index (κ2) is 5.43. The summed E-state index contributed by atoms with van der Waals surface area (Å²) in [7, 11) is 0. The average molecular weight is 240 g/mol. The van der Waals surface area contributed by atoms with Gasteiger partial charge in [0.15, 0.2) is 0 Å². The molecule has 0 atom stereocenters. The van der Waals surface area contributed by atoms with Crippen molar-refractivity contribution in [1.82, 2.24) is 5.06 Å². The van der Waals surface area contributed by atoms with E-state index in [1.165, 1.54) is 0 Å². The number of hydrogen-bond donors (Lipinski definition) is 0. The highest BCUT2D eigenvalue weighted by molar-refractivity contribution is 6.30. The lowest BCUT2D eigenvalue weighted by atomic mass is 10.1. The number of benzene rings is 1. The number of ketones is 1. The van der Waals surface area contributed by atoms with Gasteiger partial charge in [0.2, 0.25) is 0 Å². The van der Waals surface area contributed by atoms with Crippen molar-refractivity contribution in [3.05, 3.63) is 34.9 Å². The molecule has 0 saturated carbocycles. The van der Waals surface area contributed by atoms with Gasteiger partial charge in [-0.2, -0.15) is 5.06 Å². The summed E-state index contributed by atoms with van der Waals surface area (Å²) in [5.74, 6) is 0.325. The van der Waals surface area contributed by atoms with E-state index in [-0.39, 0.29) is 0 Å². The van der Waals surface area contributed by atoms with Gasteiger partial charge in [0.05, 0.1) is 6.61 Å². The molecule has 1 aliphatic heterocycles. The summed E-state index contributed by atoms with van der Waals surface area (Å²) in [5, 5.41) is 2.59. The van der Waals surface area contributed by atoms with Crippen molar-refractivity contribution < 1.29 is 9.63 Å². The van der Waals surface area contributed by atoms with Gasteiger partial charge in [0, 0.05) is 31.0 Å². The summed E-state index contributed by atoms with van der Waals surface area (Å²) in [4.78, 5) is 16.6.